The van der Waals surface area contributed by atoms with Gasteiger partial charge >= 0.3 is 5.97 Å². The standard InChI is InChI=1S/C16H23N3O3/c1-3-11(2)14(16(21)22)18-15(20)12-6-7-13(17-10-12)19-8-4-5-9-19/h6-7,10-11,14H,3-5,8-9H2,1-2H3,(H,18,20)(H,21,22)/t11-,14-/m0/s1. The van der Waals surface area contributed by atoms with Gasteiger partial charge in [0.1, 0.15) is 11.9 Å². The number of carboxylic acids is 1. The minimum atomic E-state index is -1.01. The summed E-state index contributed by atoms with van der Waals surface area (Å²) in [7, 11) is 0. The Morgan fingerprint density at radius 3 is 2.55 bits per heavy atom. The van der Waals surface area contributed by atoms with Crippen LogP contribution < -0.4 is 10.2 Å². The molecule has 22 heavy (non-hydrogen) atoms. The maximum atomic E-state index is 12.2. The molecule has 0 aromatic carbocycles. The summed E-state index contributed by atoms with van der Waals surface area (Å²) < 4.78 is 0. The number of pyridine rings is 1. The molecule has 2 atom stereocenters. The third-order valence-corrected chi connectivity index (χ3v) is 4.21. The fourth-order valence-corrected chi connectivity index (χ4v) is 2.56. The quantitative estimate of drug-likeness (QED) is 0.839. The zero-order valence-corrected chi connectivity index (χ0v) is 13.1. The predicted octanol–water partition coefficient (Wildman–Crippen LogP) is 1.91. The van der Waals surface area contributed by atoms with Crippen LogP contribution in [0.2, 0.25) is 0 Å². The second-order valence-corrected chi connectivity index (χ2v) is 5.77. The first-order valence-corrected chi connectivity index (χ1v) is 7.77. The van der Waals surface area contributed by atoms with Gasteiger partial charge in [-0.1, -0.05) is 20.3 Å². The van der Waals surface area contributed by atoms with Crippen LogP contribution in [0.1, 0.15) is 43.5 Å². The van der Waals surface area contributed by atoms with E-state index in [0.29, 0.717) is 12.0 Å². The molecular formula is C16H23N3O3. The fraction of sp³-hybridized carbons (Fsp3) is 0.562. The normalized spacial score (nSPS) is 17.1. The van der Waals surface area contributed by atoms with E-state index in [1.807, 2.05) is 19.9 Å². The molecule has 0 saturated carbocycles. The summed E-state index contributed by atoms with van der Waals surface area (Å²) in [5.74, 6) is -0.665. The highest BCUT2D eigenvalue weighted by Crippen LogP contribution is 2.17. The lowest BCUT2D eigenvalue weighted by molar-refractivity contribution is -0.140. The molecule has 1 aliphatic rings. The lowest BCUT2D eigenvalue weighted by Crippen LogP contribution is -2.45. The molecule has 120 valence electrons. The first-order chi connectivity index (χ1) is 10.5. The molecule has 1 aromatic rings. The Balaban J connectivity index is 2.03. The molecule has 1 saturated heterocycles. The van der Waals surface area contributed by atoms with Crippen molar-refractivity contribution in [1.29, 1.82) is 0 Å². The molecule has 1 amide bonds. The molecule has 0 bridgehead atoms. The number of carbonyl (C=O) groups is 2. The molecular weight excluding hydrogens is 282 g/mol. The minimum Gasteiger partial charge on any atom is -0.480 e. The molecule has 6 nitrogen and oxygen atoms in total. The molecule has 0 radical (unpaired) electrons. The van der Waals surface area contributed by atoms with Gasteiger partial charge in [-0.3, -0.25) is 4.79 Å². The van der Waals surface area contributed by atoms with Crippen molar-refractivity contribution < 1.29 is 14.7 Å². The van der Waals surface area contributed by atoms with Crippen molar-refractivity contribution in [3.63, 3.8) is 0 Å². The van der Waals surface area contributed by atoms with Crippen LogP contribution in [0.5, 0.6) is 0 Å². The van der Waals surface area contributed by atoms with Crippen LogP contribution >= 0.6 is 0 Å². The van der Waals surface area contributed by atoms with Gasteiger partial charge in [0.25, 0.3) is 5.91 Å². The maximum absolute atomic E-state index is 12.2. The number of aliphatic carboxylic acids is 1. The third kappa shape index (κ3) is 3.75. The average Bonchev–Trinajstić information content (AvgIpc) is 3.06. The summed E-state index contributed by atoms with van der Waals surface area (Å²) >= 11 is 0. The van der Waals surface area contributed by atoms with E-state index in [2.05, 4.69) is 15.2 Å². The Bertz CT molecular complexity index is 524. The van der Waals surface area contributed by atoms with Gasteiger partial charge in [0, 0.05) is 19.3 Å². The van der Waals surface area contributed by atoms with E-state index in [-0.39, 0.29) is 5.92 Å². The topological polar surface area (TPSA) is 82.5 Å². The fourth-order valence-electron chi connectivity index (χ4n) is 2.56. The predicted molar refractivity (Wildman–Crippen MR) is 84.0 cm³/mol. The van der Waals surface area contributed by atoms with E-state index in [0.717, 1.165) is 18.9 Å². The van der Waals surface area contributed by atoms with Gasteiger partial charge in [-0.15, -0.1) is 0 Å². The van der Waals surface area contributed by atoms with Crippen molar-refractivity contribution in [3.8, 4) is 0 Å². The Hall–Kier alpha value is -2.11. The van der Waals surface area contributed by atoms with Crippen molar-refractivity contribution in [2.45, 2.75) is 39.2 Å². The SMILES string of the molecule is CC[C@H](C)[C@H](NC(=O)c1ccc(N2CCCC2)nc1)C(=O)O. The van der Waals surface area contributed by atoms with Gasteiger partial charge in [-0.25, -0.2) is 9.78 Å². The lowest BCUT2D eigenvalue weighted by Gasteiger charge is -2.20. The smallest absolute Gasteiger partial charge is 0.326 e. The van der Waals surface area contributed by atoms with Crippen LogP contribution in [-0.2, 0) is 4.79 Å². The molecule has 0 spiro atoms. The Morgan fingerprint density at radius 1 is 1.36 bits per heavy atom. The maximum Gasteiger partial charge on any atom is 0.326 e. The summed E-state index contributed by atoms with van der Waals surface area (Å²) in [4.78, 5) is 29.9. The zero-order chi connectivity index (χ0) is 16.1. The number of anilines is 1. The zero-order valence-electron chi connectivity index (χ0n) is 13.1. The van der Waals surface area contributed by atoms with Gasteiger partial charge in [0.05, 0.1) is 5.56 Å². The Labute approximate surface area is 130 Å². The van der Waals surface area contributed by atoms with Crippen molar-refractivity contribution in [2.75, 3.05) is 18.0 Å². The highest BCUT2D eigenvalue weighted by atomic mass is 16.4. The molecule has 6 heteroatoms. The van der Waals surface area contributed by atoms with Crippen LogP contribution in [-0.4, -0.2) is 41.1 Å². The minimum absolute atomic E-state index is 0.127. The van der Waals surface area contributed by atoms with E-state index in [1.165, 1.54) is 19.0 Å². The largest absolute Gasteiger partial charge is 0.480 e. The average molecular weight is 305 g/mol. The highest BCUT2D eigenvalue weighted by molar-refractivity contribution is 5.96. The van der Waals surface area contributed by atoms with Crippen LogP contribution in [0.3, 0.4) is 0 Å². The molecule has 1 fully saturated rings. The van der Waals surface area contributed by atoms with E-state index in [9.17, 15) is 14.7 Å². The summed E-state index contributed by atoms with van der Waals surface area (Å²) in [6, 6.07) is 2.64. The summed E-state index contributed by atoms with van der Waals surface area (Å²) in [6.07, 6.45) is 4.53. The third-order valence-electron chi connectivity index (χ3n) is 4.21. The van der Waals surface area contributed by atoms with E-state index >= 15 is 0 Å². The van der Waals surface area contributed by atoms with E-state index < -0.39 is 17.9 Å². The number of carbonyl (C=O) groups excluding carboxylic acids is 1. The molecule has 1 aromatic heterocycles. The van der Waals surface area contributed by atoms with Gasteiger partial charge in [0.15, 0.2) is 0 Å². The van der Waals surface area contributed by atoms with Crippen LogP contribution in [0.15, 0.2) is 18.3 Å². The Kier molecular flexibility index (Phi) is 5.35. The number of carboxylic acid groups (broad SMARTS) is 1. The number of nitrogens with zero attached hydrogens (tertiary/aromatic N) is 2. The van der Waals surface area contributed by atoms with Crippen molar-refractivity contribution in [3.05, 3.63) is 23.9 Å². The Morgan fingerprint density at radius 2 is 2.05 bits per heavy atom. The summed E-state index contributed by atoms with van der Waals surface area (Å²) in [6.45, 7) is 5.70. The van der Waals surface area contributed by atoms with Crippen molar-refractivity contribution in [1.82, 2.24) is 10.3 Å². The van der Waals surface area contributed by atoms with Gasteiger partial charge in [-0.05, 0) is 30.9 Å². The number of hydrogen-bond acceptors (Lipinski definition) is 4. The molecule has 2 heterocycles. The number of amides is 1. The highest BCUT2D eigenvalue weighted by Gasteiger charge is 2.26. The first kappa shape index (κ1) is 16.3. The molecule has 2 rings (SSSR count). The first-order valence-electron chi connectivity index (χ1n) is 7.77. The van der Waals surface area contributed by atoms with Crippen molar-refractivity contribution >= 4 is 17.7 Å². The molecule has 1 aliphatic heterocycles. The lowest BCUT2D eigenvalue weighted by atomic mass is 9.99. The number of nitrogens with one attached hydrogen (secondary N) is 1. The molecule has 0 unspecified atom stereocenters. The molecule has 2 N–H and O–H groups in total. The molecule has 0 aliphatic carbocycles. The van der Waals surface area contributed by atoms with Crippen LogP contribution in [0, 0.1) is 5.92 Å². The summed E-state index contributed by atoms with van der Waals surface area (Å²) in [5, 5.41) is 11.8. The van der Waals surface area contributed by atoms with Crippen molar-refractivity contribution in [2.24, 2.45) is 5.92 Å². The summed E-state index contributed by atoms with van der Waals surface area (Å²) in [5.41, 5.74) is 0.387. The second kappa shape index (κ2) is 7.24. The second-order valence-electron chi connectivity index (χ2n) is 5.77. The number of aromatic nitrogens is 1. The number of hydrogen-bond donors (Lipinski definition) is 2. The monoisotopic (exact) mass is 305 g/mol. The number of rotatable bonds is 6. The van der Waals surface area contributed by atoms with Gasteiger partial charge in [0.2, 0.25) is 0 Å². The van der Waals surface area contributed by atoms with E-state index in [4.69, 9.17) is 0 Å². The van der Waals surface area contributed by atoms with Gasteiger partial charge < -0.3 is 15.3 Å². The van der Waals surface area contributed by atoms with Gasteiger partial charge in [-0.2, -0.15) is 0 Å². The van der Waals surface area contributed by atoms with Crippen LogP contribution in [0.4, 0.5) is 5.82 Å². The van der Waals surface area contributed by atoms with Crippen LogP contribution in [0.25, 0.3) is 0 Å². The van der Waals surface area contributed by atoms with E-state index in [1.54, 1.807) is 6.07 Å².